The number of nitrogens with two attached hydrogens (primary N) is 1. The van der Waals surface area contributed by atoms with Crippen molar-refractivity contribution >= 4 is 12.1 Å². The molecule has 3 aromatic rings. The molecule has 2 N–H and O–H groups in total. The summed E-state index contributed by atoms with van der Waals surface area (Å²) in [6.07, 6.45) is 1.78. The number of halogens is 2. The maximum Gasteiger partial charge on any atom is 0.165 e. The number of anilines is 1. The van der Waals surface area contributed by atoms with Crippen molar-refractivity contribution in [1.82, 2.24) is 9.78 Å². The first-order valence-corrected chi connectivity index (χ1v) is 6.61. The normalized spacial score (nSPS) is 10.5. The predicted molar refractivity (Wildman–Crippen MR) is 79.8 cm³/mol. The lowest BCUT2D eigenvalue weighted by Gasteiger charge is -2.09. The van der Waals surface area contributed by atoms with Crippen LogP contribution in [0.1, 0.15) is 10.4 Å². The van der Waals surface area contributed by atoms with Gasteiger partial charge in [-0.3, -0.25) is 4.79 Å². The van der Waals surface area contributed by atoms with E-state index in [2.05, 4.69) is 5.10 Å². The minimum absolute atomic E-state index is 0.0125. The van der Waals surface area contributed by atoms with Gasteiger partial charge in [0.1, 0.15) is 17.3 Å². The number of para-hydroxylation sites is 1. The topological polar surface area (TPSA) is 70.1 Å². The van der Waals surface area contributed by atoms with Gasteiger partial charge >= 0.3 is 0 Å². The van der Waals surface area contributed by atoms with Crippen molar-refractivity contribution in [3.63, 3.8) is 0 Å². The number of aromatic nitrogens is 2. The van der Waals surface area contributed by atoms with Crippen molar-refractivity contribution in [1.29, 1.82) is 0 Å². The van der Waals surface area contributed by atoms with Gasteiger partial charge in [0, 0.05) is 6.07 Å². The smallest absolute Gasteiger partial charge is 0.165 e. The van der Waals surface area contributed by atoms with Crippen LogP contribution in [0.4, 0.5) is 14.6 Å². The van der Waals surface area contributed by atoms with Crippen molar-refractivity contribution in [3.8, 4) is 17.2 Å². The molecule has 5 nitrogen and oxygen atoms in total. The second-order valence-corrected chi connectivity index (χ2v) is 4.66. The number of carbonyl (C=O) groups is 1. The van der Waals surface area contributed by atoms with E-state index in [0.29, 0.717) is 6.29 Å². The van der Waals surface area contributed by atoms with Crippen LogP contribution in [0.25, 0.3) is 5.69 Å². The van der Waals surface area contributed by atoms with Crippen LogP contribution in [0.3, 0.4) is 0 Å². The van der Waals surface area contributed by atoms with Crippen LogP contribution in [0.5, 0.6) is 11.5 Å². The van der Waals surface area contributed by atoms with Crippen LogP contribution < -0.4 is 10.5 Å². The van der Waals surface area contributed by atoms with Gasteiger partial charge in [-0.25, -0.2) is 13.5 Å². The average Bonchev–Trinajstić information content (AvgIpc) is 2.90. The van der Waals surface area contributed by atoms with E-state index in [1.54, 1.807) is 6.07 Å². The third-order valence-corrected chi connectivity index (χ3v) is 3.18. The zero-order valence-corrected chi connectivity index (χ0v) is 11.7. The lowest BCUT2D eigenvalue weighted by molar-refractivity contribution is 0.112. The highest BCUT2D eigenvalue weighted by Gasteiger charge is 2.13. The molecule has 0 atom stereocenters. The van der Waals surface area contributed by atoms with Gasteiger partial charge in [0.2, 0.25) is 0 Å². The molecule has 0 radical (unpaired) electrons. The zero-order valence-electron chi connectivity index (χ0n) is 11.7. The number of ether oxygens (including phenoxy) is 1. The predicted octanol–water partition coefficient (Wildman–Crippen LogP) is 3.34. The maximum atomic E-state index is 14.3. The summed E-state index contributed by atoms with van der Waals surface area (Å²) in [6, 6.07) is 9.72. The Morgan fingerprint density at radius 2 is 1.91 bits per heavy atom. The van der Waals surface area contributed by atoms with E-state index in [9.17, 15) is 13.6 Å². The first-order chi connectivity index (χ1) is 11.1. The number of hydrogen-bond acceptors (Lipinski definition) is 4. The van der Waals surface area contributed by atoms with E-state index >= 15 is 0 Å². The second-order valence-electron chi connectivity index (χ2n) is 4.66. The van der Waals surface area contributed by atoms with Crippen molar-refractivity contribution < 1.29 is 18.3 Å². The van der Waals surface area contributed by atoms with Gasteiger partial charge in [-0.15, -0.1) is 0 Å². The van der Waals surface area contributed by atoms with Crippen molar-refractivity contribution in [2.75, 3.05) is 5.73 Å². The molecule has 1 aromatic heterocycles. The Kier molecular flexibility index (Phi) is 3.76. The molecule has 0 spiro atoms. The second kappa shape index (κ2) is 5.88. The monoisotopic (exact) mass is 315 g/mol. The van der Waals surface area contributed by atoms with E-state index in [-0.39, 0.29) is 28.6 Å². The van der Waals surface area contributed by atoms with Crippen LogP contribution in [0.2, 0.25) is 0 Å². The molecular weight excluding hydrogens is 304 g/mol. The molecule has 2 aromatic carbocycles. The van der Waals surface area contributed by atoms with Crippen molar-refractivity contribution in [3.05, 3.63) is 65.9 Å². The van der Waals surface area contributed by atoms with Crippen LogP contribution in [-0.2, 0) is 0 Å². The number of carbonyl (C=O) groups excluding carboxylic acids is 1. The van der Waals surface area contributed by atoms with E-state index in [1.165, 1.54) is 36.5 Å². The van der Waals surface area contributed by atoms with E-state index in [4.69, 9.17) is 10.5 Å². The fourth-order valence-corrected chi connectivity index (χ4v) is 2.03. The number of hydrogen-bond donors (Lipinski definition) is 1. The first-order valence-electron chi connectivity index (χ1n) is 6.61. The summed E-state index contributed by atoms with van der Waals surface area (Å²) in [6.45, 7) is 0. The fraction of sp³-hybridized carbons (Fsp3) is 0. The van der Waals surface area contributed by atoms with Gasteiger partial charge in [-0.05, 0) is 24.3 Å². The Morgan fingerprint density at radius 3 is 2.57 bits per heavy atom. The Bertz CT molecular complexity index is 878. The quantitative estimate of drug-likeness (QED) is 0.750. The summed E-state index contributed by atoms with van der Waals surface area (Å²) >= 11 is 0. The zero-order chi connectivity index (χ0) is 16.4. The molecule has 0 saturated carbocycles. The lowest BCUT2D eigenvalue weighted by atomic mass is 10.2. The summed E-state index contributed by atoms with van der Waals surface area (Å²) in [5.74, 6) is -1.09. The summed E-state index contributed by atoms with van der Waals surface area (Å²) in [7, 11) is 0. The minimum atomic E-state index is -0.675. The molecular formula is C16H11F2N3O2. The molecule has 0 saturated heterocycles. The molecule has 7 heteroatoms. The number of rotatable bonds is 4. The maximum absolute atomic E-state index is 14.3. The third-order valence-electron chi connectivity index (χ3n) is 3.18. The van der Waals surface area contributed by atoms with E-state index in [0.717, 1.165) is 10.7 Å². The van der Waals surface area contributed by atoms with Gasteiger partial charge in [0.25, 0.3) is 0 Å². The molecule has 0 aliphatic heterocycles. The van der Waals surface area contributed by atoms with Gasteiger partial charge in [-0.2, -0.15) is 5.10 Å². The highest BCUT2D eigenvalue weighted by molar-refractivity contribution is 5.81. The Morgan fingerprint density at radius 1 is 1.13 bits per heavy atom. The summed E-state index contributed by atoms with van der Waals surface area (Å²) in [5, 5.41) is 3.87. The molecule has 0 fully saturated rings. The van der Waals surface area contributed by atoms with Crippen LogP contribution in [0, 0.1) is 11.6 Å². The Hall–Kier alpha value is -3.22. The molecule has 3 rings (SSSR count). The van der Waals surface area contributed by atoms with Crippen LogP contribution >= 0.6 is 0 Å². The molecule has 0 amide bonds. The number of nitrogen functional groups attached to an aromatic ring is 1. The standard InChI is InChI=1S/C16H11F2N3O2/c17-12-3-1-2-4-15(12)23-11-5-6-14(13(18)7-11)21-16(19)10(9-22)8-20-21/h1-9H,19H2. The Balaban J connectivity index is 1.93. The molecule has 1 heterocycles. The molecule has 0 unspecified atom stereocenters. The van der Waals surface area contributed by atoms with Crippen LogP contribution in [-0.4, -0.2) is 16.1 Å². The minimum Gasteiger partial charge on any atom is -0.454 e. The highest BCUT2D eigenvalue weighted by atomic mass is 19.1. The average molecular weight is 315 g/mol. The van der Waals surface area contributed by atoms with Gasteiger partial charge in [-0.1, -0.05) is 12.1 Å². The first kappa shape index (κ1) is 14.7. The molecule has 0 aliphatic carbocycles. The van der Waals surface area contributed by atoms with E-state index in [1.807, 2.05) is 0 Å². The number of nitrogens with zero attached hydrogens (tertiary/aromatic N) is 2. The number of benzene rings is 2. The van der Waals surface area contributed by atoms with E-state index < -0.39 is 11.6 Å². The van der Waals surface area contributed by atoms with Gasteiger partial charge in [0.15, 0.2) is 23.7 Å². The molecule has 0 bridgehead atoms. The van der Waals surface area contributed by atoms with Crippen molar-refractivity contribution in [2.45, 2.75) is 0 Å². The summed E-state index contributed by atoms with van der Waals surface area (Å²) in [4.78, 5) is 10.8. The summed E-state index contributed by atoms with van der Waals surface area (Å²) in [5.41, 5.74) is 5.93. The Labute approximate surface area is 129 Å². The third kappa shape index (κ3) is 2.76. The van der Waals surface area contributed by atoms with Gasteiger partial charge < -0.3 is 10.5 Å². The fourth-order valence-electron chi connectivity index (χ4n) is 2.03. The van der Waals surface area contributed by atoms with Crippen molar-refractivity contribution in [2.24, 2.45) is 0 Å². The highest BCUT2D eigenvalue weighted by Crippen LogP contribution is 2.27. The number of aldehydes is 1. The lowest BCUT2D eigenvalue weighted by Crippen LogP contribution is -2.05. The van der Waals surface area contributed by atoms with Crippen LogP contribution in [0.15, 0.2) is 48.7 Å². The molecule has 0 aliphatic rings. The SMILES string of the molecule is Nc1c(C=O)cnn1-c1ccc(Oc2ccccc2F)cc1F. The molecule has 116 valence electrons. The summed E-state index contributed by atoms with van der Waals surface area (Å²) < 4.78 is 34.2. The molecule has 23 heavy (non-hydrogen) atoms. The van der Waals surface area contributed by atoms with Gasteiger partial charge in [0.05, 0.1) is 11.8 Å². The largest absolute Gasteiger partial charge is 0.454 e.